The predicted octanol–water partition coefficient (Wildman–Crippen LogP) is -2.50. The van der Waals surface area contributed by atoms with Crippen LogP contribution in [0, 0.1) is 11.8 Å². The van der Waals surface area contributed by atoms with Gasteiger partial charge >= 0.3 is 0 Å². The minimum Gasteiger partial charge on any atom is -0.497 e. The molecule has 2 fully saturated rings. The number of hydrogen-bond donors (Lipinski definition) is 10. The molecule has 0 saturated carbocycles. The van der Waals surface area contributed by atoms with Crippen LogP contribution in [0.15, 0.2) is 24.3 Å². The van der Waals surface area contributed by atoms with Crippen LogP contribution >= 0.6 is 11.8 Å². The fourth-order valence-corrected chi connectivity index (χ4v) is 8.54. The monoisotopic (exact) mass is 991 g/mol. The smallest absolute Gasteiger partial charge is 0.246 e. The quantitative estimate of drug-likeness (QED) is 0.0728. The van der Waals surface area contributed by atoms with E-state index in [0.29, 0.717) is 17.7 Å². The number of hydrogen-bond acceptors (Lipinski definition) is 13. The molecule has 3 rings (SSSR count). The molecule has 24 heteroatoms. The predicted molar refractivity (Wildman–Crippen MR) is 253 cm³/mol. The molecule has 1 aromatic carbocycles. The van der Waals surface area contributed by atoms with Crippen molar-refractivity contribution in [1.29, 1.82) is 0 Å². The van der Waals surface area contributed by atoms with Gasteiger partial charge in [-0.3, -0.25) is 52.7 Å². The van der Waals surface area contributed by atoms with Crippen molar-refractivity contribution < 1.29 is 61.6 Å². The average Bonchev–Trinajstić information content (AvgIpc) is 3.79. The molecule has 1 aromatic rings. The number of benzene rings is 1. The Morgan fingerprint density at radius 2 is 1.51 bits per heavy atom. The standard InChI is InChI=1S/C45H69N11O12S/c1-6-25(4)38-44(66)51-28(15-16-34(46)57)40(62)52-31(21-35(47)58)41(63)54-32(23-69-18-8-10-37(60)50-30(42(64)55-38)20-26-11-13-27(68-5)14-12-26)45(67)56-17-7-9-33(56)43(65)53-29(19-24(2)3)39(61)49-22-36(48)59/h11-14,24-25,28-33,38H,6-10,15-23H2,1-5H3,(H2,46,57)(H2,47,58)(H2,48,59)(H,49,61)(H,50,60)(H,51,66)(H,52,62)(H,53,65)(H,54,63)(H,55,64)/t25-,28-,29-,30-,31-,32-,33-,38-/m0/s1/i1D3. The Hall–Kier alpha value is -6.46. The van der Waals surface area contributed by atoms with Gasteiger partial charge in [-0.05, 0) is 67.4 Å². The molecule has 0 bridgehead atoms. The Balaban J connectivity index is 2.07. The molecule has 382 valence electrons. The van der Waals surface area contributed by atoms with Gasteiger partial charge in [0.05, 0.1) is 20.1 Å². The summed E-state index contributed by atoms with van der Waals surface area (Å²) in [5.74, 6) is -10.3. The molecule has 2 aliphatic heterocycles. The Morgan fingerprint density at radius 3 is 2.13 bits per heavy atom. The maximum Gasteiger partial charge on any atom is 0.246 e. The molecular weight excluding hydrogens is 919 g/mol. The molecule has 2 aliphatic rings. The molecule has 13 N–H and O–H groups in total. The minimum absolute atomic E-state index is 0.0524. The first-order valence-electron chi connectivity index (χ1n) is 24.2. The lowest BCUT2D eigenvalue weighted by Crippen LogP contribution is -2.61. The lowest BCUT2D eigenvalue weighted by molar-refractivity contribution is -0.142. The maximum atomic E-state index is 14.5. The molecule has 0 spiro atoms. The number of nitrogens with two attached hydrogens (primary N) is 3. The van der Waals surface area contributed by atoms with E-state index in [-0.39, 0.29) is 56.1 Å². The highest BCUT2D eigenvalue weighted by Crippen LogP contribution is 2.22. The summed E-state index contributed by atoms with van der Waals surface area (Å²) >= 11 is 1.14. The molecule has 0 unspecified atom stereocenters. The molecule has 8 atom stereocenters. The zero-order chi connectivity index (χ0) is 53.9. The number of carbonyl (C=O) groups excluding carboxylic acids is 11. The van der Waals surface area contributed by atoms with Crippen molar-refractivity contribution in [3.8, 4) is 5.75 Å². The zero-order valence-electron chi connectivity index (χ0n) is 42.4. The highest BCUT2D eigenvalue weighted by atomic mass is 32.2. The largest absolute Gasteiger partial charge is 0.497 e. The molecule has 0 aromatic heterocycles. The normalized spacial score (nSPS) is 24.0. The van der Waals surface area contributed by atoms with Crippen LogP contribution in [0.2, 0.25) is 0 Å². The number of rotatable bonds is 18. The van der Waals surface area contributed by atoms with Crippen LogP contribution in [0.25, 0.3) is 0 Å². The van der Waals surface area contributed by atoms with E-state index in [1.807, 2.05) is 13.8 Å². The van der Waals surface area contributed by atoms with Gasteiger partial charge in [0.2, 0.25) is 65.0 Å². The van der Waals surface area contributed by atoms with Crippen LogP contribution in [0.3, 0.4) is 0 Å². The van der Waals surface area contributed by atoms with Gasteiger partial charge < -0.3 is 64.1 Å². The minimum atomic E-state index is -2.61. The van der Waals surface area contributed by atoms with Crippen molar-refractivity contribution in [2.75, 3.05) is 31.7 Å². The SMILES string of the molecule is [2H]C([2H])([2H])C[C@H](C)[C@@H]1NC(=O)[C@H](Cc2ccc(OC)cc2)NC(=O)CCCSC[C@@H](C(=O)N2CCC[C@H]2C(=O)N[C@@H](CC(C)C)C(=O)NCC(N)=O)NC(=O)[C@H](CC(N)=O)NC(=O)[C@H](CCC(N)=O)NC1=O. The van der Waals surface area contributed by atoms with Gasteiger partial charge in [0.25, 0.3) is 0 Å². The fraction of sp³-hybridized carbons (Fsp3) is 0.622. The molecule has 0 aliphatic carbocycles. The van der Waals surface area contributed by atoms with Crippen molar-refractivity contribution >= 4 is 76.7 Å². The Bertz CT molecular complexity index is 2130. The Morgan fingerprint density at radius 1 is 0.841 bits per heavy atom. The summed E-state index contributed by atoms with van der Waals surface area (Å²) in [6, 6.07) is -3.55. The second-order valence-corrected chi connectivity index (χ2v) is 18.6. The zero-order valence-corrected chi connectivity index (χ0v) is 40.2. The van der Waals surface area contributed by atoms with Crippen LogP contribution in [0.5, 0.6) is 5.75 Å². The van der Waals surface area contributed by atoms with Gasteiger partial charge in [0, 0.05) is 35.7 Å². The number of primary amides is 3. The van der Waals surface area contributed by atoms with Gasteiger partial charge in [-0.2, -0.15) is 11.8 Å². The van der Waals surface area contributed by atoms with E-state index in [0.717, 1.165) is 11.8 Å². The number of amides is 11. The molecule has 69 heavy (non-hydrogen) atoms. The summed E-state index contributed by atoms with van der Waals surface area (Å²) in [6.07, 6.45) is -1.78. The number of nitrogens with zero attached hydrogens (tertiary/aromatic N) is 1. The topological polar surface area (TPSA) is 363 Å². The number of ether oxygens (including phenoxy) is 1. The first-order valence-corrected chi connectivity index (χ1v) is 23.9. The first-order chi connectivity index (χ1) is 33.8. The third-order valence-electron chi connectivity index (χ3n) is 11.3. The number of carbonyl (C=O) groups is 11. The van der Waals surface area contributed by atoms with Crippen LogP contribution < -0.4 is 59.2 Å². The lowest BCUT2D eigenvalue weighted by atomic mass is 9.96. The van der Waals surface area contributed by atoms with E-state index < -0.39 is 152 Å². The Kier molecular flexibility index (Phi) is 21.2. The van der Waals surface area contributed by atoms with Crippen molar-refractivity contribution in [1.82, 2.24) is 42.1 Å². The molecular formula is C45H69N11O12S. The van der Waals surface area contributed by atoms with Gasteiger partial charge in [-0.25, -0.2) is 0 Å². The van der Waals surface area contributed by atoms with E-state index >= 15 is 0 Å². The Labute approximate surface area is 410 Å². The fourth-order valence-electron chi connectivity index (χ4n) is 7.57. The summed E-state index contributed by atoms with van der Waals surface area (Å²) in [6.45, 7) is 1.97. The van der Waals surface area contributed by atoms with E-state index in [1.165, 1.54) is 18.9 Å². The van der Waals surface area contributed by atoms with Crippen LogP contribution in [-0.2, 0) is 59.2 Å². The summed E-state index contributed by atoms with van der Waals surface area (Å²) in [7, 11) is 1.47. The van der Waals surface area contributed by atoms with Crippen molar-refractivity contribution in [3.05, 3.63) is 29.8 Å². The lowest BCUT2D eigenvalue weighted by Gasteiger charge is -2.31. The van der Waals surface area contributed by atoms with Crippen LogP contribution in [0.4, 0.5) is 0 Å². The van der Waals surface area contributed by atoms with Crippen LogP contribution in [0.1, 0.15) is 95.1 Å². The van der Waals surface area contributed by atoms with E-state index in [1.54, 1.807) is 24.3 Å². The molecule has 2 saturated heterocycles. The van der Waals surface area contributed by atoms with Gasteiger partial charge in [-0.15, -0.1) is 0 Å². The summed E-state index contributed by atoms with van der Waals surface area (Å²) < 4.78 is 28.9. The van der Waals surface area contributed by atoms with E-state index in [9.17, 15) is 52.7 Å². The molecule has 0 radical (unpaired) electrons. The molecule has 11 amide bonds. The highest BCUT2D eigenvalue weighted by Gasteiger charge is 2.40. The average molecular weight is 991 g/mol. The van der Waals surface area contributed by atoms with Gasteiger partial charge in [0.15, 0.2) is 0 Å². The number of methoxy groups -OCH3 is 1. The summed E-state index contributed by atoms with van der Waals surface area (Å²) in [4.78, 5) is 149. The van der Waals surface area contributed by atoms with Crippen molar-refractivity contribution in [3.63, 3.8) is 0 Å². The van der Waals surface area contributed by atoms with Crippen LogP contribution in [-0.4, -0.2) is 144 Å². The molecule has 2 heterocycles. The van der Waals surface area contributed by atoms with Crippen molar-refractivity contribution in [2.45, 2.75) is 134 Å². The third kappa shape index (κ3) is 18.9. The highest BCUT2D eigenvalue weighted by molar-refractivity contribution is 7.99. The van der Waals surface area contributed by atoms with Gasteiger partial charge in [0.1, 0.15) is 48.0 Å². The molecule has 23 nitrogen and oxygen atoms in total. The van der Waals surface area contributed by atoms with E-state index in [4.69, 9.17) is 26.1 Å². The van der Waals surface area contributed by atoms with Crippen molar-refractivity contribution in [2.24, 2.45) is 29.0 Å². The first kappa shape index (κ1) is 51.9. The third-order valence-corrected chi connectivity index (χ3v) is 12.4. The number of likely N-dealkylation sites (tertiary alicyclic amines) is 1. The number of thioether (sulfide) groups is 1. The second-order valence-electron chi connectivity index (χ2n) is 17.4. The second kappa shape index (κ2) is 28.1. The summed E-state index contributed by atoms with van der Waals surface area (Å²) in [5, 5.41) is 17.7. The maximum absolute atomic E-state index is 14.5. The van der Waals surface area contributed by atoms with E-state index in [2.05, 4.69) is 37.2 Å². The van der Waals surface area contributed by atoms with Gasteiger partial charge in [-0.1, -0.05) is 46.2 Å². The summed E-state index contributed by atoms with van der Waals surface area (Å²) in [5.41, 5.74) is 16.7. The number of nitrogens with one attached hydrogen (secondary N) is 7.